The van der Waals surface area contributed by atoms with Gasteiger partial charge in [0.1, 0.15) is 5.69 Å². The van der Waals surface area contributed by atoms with Gasteiger partial charge in [-0.3, -0.25) is 0 Å². The second kappa shape index (κ2) is 12.4. The van der Waals surface area contributed by atoms with Gasteiger partial charge in [0.15, 0.2) is 0 Å². The van der Waals surface area contributed by atoms with E-state index in [9.17, 15) is 0 Å². The Balaban J connectivity index is 1.70. The van der Waals surface area contributed by atoms with Crippen LogP contribution in [0.25, 0.3) is 0 Å². The maximum atomic E-state index is 2.53. The topological polar surface area (TPSA) is 19.9 Å². The van der Waals surface area contributed by atoms with Gasteiger partial charge in [0.25, 0.3) is 0 Å². The Labute approximate surface area is 214 Å². The second-order valence-corrected chi connectivity index (χ2v) is 11.0. The van der Waals surface area contributed by atoms with Crippen molar-refractivity contribution in [2.24, 2.45) is 0 Å². The number of fused-ring (bicyclic) bond motifs is 1. The van der Waals surface area contributed by atoms with Gasteiger partial charge in [-0.25, -0.2) is 0 Å². The van der Waals surface area contributed by atoms with Crippen molar-refractivity contribution in [2.45, 2.75) is 84.5 Å². The molecule has 1 heterocycles. The highest BCUT2D eigenvalue weighted by Crippen LogP contribution is 2.47. The first-order valence-corrected chi connectivity index (χ1v) is 13.7. The lowest BCUT2D eigenvalue weighted by atomic mass is 9.80. The van der Waals surface area contributed by atoms with E-state index in [0.717, 1.165) is 19.5 Å². The minimum absolute atomic E-state index is 0.0262. The summed E-state index contributed by atoms with van der Waals surface area (Å²) in [5.41, 5.74) is 7.18. The Kier molecular flexibility index (Phi) is 9.57. The largest absolute Gasteiger partial charge is 0.344 e. The smallest absolute Gasteiger partial charge is 0.133 e. The molecule has 0 spiro atoms. The maximum Gasteiger partial charge on any atom is 0.133 e. The summed E-state index contributed by atoms with van der Waals surface area (Å²) in [6.07, 6.45) is 17.2. The highest BCUT2D eigenvalue weighted by atomic mass is 15.2. The van der Waals surface area contributed by atoms with Gasteiger partial charge in [-0.1, -0.05) is 115 Å². The molecule has 2 aromatic carbocycles. The van der Waals surface area contributed by atoms with Crippen molar-refractivity contribution in [3.05, 3.63) is 95.7 Å². The molecule has 0 aromatic heterocycles. The summed E-state index contributed by atoms with van der Waals surface area (Å²) < 4.78 is 0. The monoisotopic (exact) mass is 471 g/mol. The third-order valence-electron chi connectivity index (χ3n) is 7.39. The SMILES string of the molecule is CCCC[NH2+]c1ccccc1C(C)(C)C/C=C/C=C/C=C1/N(CCCC)c2ccccc2C1(C)C. The Hall–Kier alpha value is -2.58. The molecule has 2 aromatic rings. The number of hydrogen-bond acceptors (Lipinski definition) is 1. The lowest BCUT2D eigenvalue weighted by Gasteiger charge is -2.27. The first-order chi connectivity index (χ1) is 16.8. The molecule has 0 fully saturated rings. The van der Waals surface area contributed by atoms with Crippen LogP contribution in [-0.4, -0.2) is 13.1 Å². The first kappa shape index (κ1) is 27.0. The molecule has 0 unspecified atom stereocenters. The molecule has 1 aliphatic rings. The maximum absolute atomic E-state index is 2.53. The van der Waals surface area contributed by atoms with Crippen molar-refractivity contribution < 1.29 is 5.32 Å². The summed E-state index contributed by atoms with van der Waals surface area (Å²) in [4.78, 5) is 2.53. The predicted molar refractivity (Wildman–Crippen MR) is 154 cm³/mol. The molecule has 0 atom stereocenters. The predicted octanol–water partition coefficient (Wildman–Crippen LogP) is 7.94. The lowest BCUT2D eigenvalue weighted by Crippen LogP contribution is -2.78. The minimum atomic E-state index is 0.0262. The molecule has 2 heteroatoms. The molecular formula is C33H47N2+. The van der Waals surface area contributed by atoms with E-state index in [-0.39, 0.29) is 10.8 Å². The summed E-state index contributed by atoms with van der Waals surface area (Å²) in [7, 11) is 0. The van der Waals surface area contributed by atoms with Crippen LogP contribution >= 0.6 is 0 Å². The van der Waals surface area contributed by atoms with Gasteiger partial charge in [-0.05, 0) is 48.4 Å². The number of nitrogens with two attached hydrogens (primary N) is 1. The number of para-hydroxylation sites is 2. The van der Waals surface area contributed by atoms with E-state index in [1.54, 1.807) is 0 Å². The molecule has 0 amide bonds. The Morgan fingerprint density at radius 2 is 1.60 bits per heavy atom. The molecule has 1 aliphatic heterocycles. The van der Waals surface area contributed by atoms with Crippen molar-refractivity contribution >= 4 is 11.4 Å². The van der Waals surface area contributed by atoms with Gasteiger partial charge in [0, 0.05) is 28.9 Å². The van der Waals surface area contributed by atoms with E-state index in [2.05, 4.69) is 131 Å². The molecule has 0 saturated heterocycles. The van der Waals surface area contributed by atoms with Crippen molar-refractivity contribution in [3.63, 3.8) is 0 Å². The minimum Gasteiger partial charge on any atom is -0.344 e. The van der Waals surface area contributed by atoms with E-state index in [1.165, 1.54) is 53.9 Å². The second-order valence-electron chi connectivity index (χ2n) is 11.0. The van der Waals surface area contributed by atoms with E-state index in [0.29, 0.717) is 0 Å². The normalized spacial score (nSPS) is 16.6. The molecule has 0 aliphatic carbocycles. The third-order valence-corrected chi connectivity index (χ3v) is 7.39. The number of rotatable bonds is 12. The molecule has 0 bridgehead atoms. The molecule has 0 saturated carbocycles. The van der Waals surface area contributed by atoms with Crippen molar-refractivity contribution in [1.29, 1.82) is 0 Å². The van der Waals surface area contributed by atoms with Gasteiger partial charge in [0.2, 0.25) is 0 Å². The van der Waals surface area contributed by atoms with Gasteiger partial charge in [-0.15, -0.1) is 0 Å². The molecule has 35 heavy (non-hydrogen) atoms. The average molecular weight is 472 g/mol. The highest BCUT2D eigenvalue weighted by molar-refractivity contribution is 5.70. The van der Waals surface area contributed by atoms with Crippen LogP contribution in [0.3, 0.4) is 0 Å². The fourth-order valence-corrected chi connectivity index (χ4v) is 5.21. The number of unbranched alkanes of at least 4 members (excludes halogenated alkanes) is 2. The number of quaternary nitrogens is 1. The van der Waals surface area contributed by atoms with E-state index in [4.69, 9.17) is 0 Å². The van der Waals surface area contributed by atoms with Crippen molar-refractivity contribution in [1.82, 2.24) is 0 Å². The van der Waals surface area contributed by atoms with Crippen LogP contribution in [0.4, 0.5) is 11.4 Å². The van der Waals surface area contributed by atoms with Crippen LogP contribution < -0.4 is 10.2 Å². The van der Waals surface area contributed by atoms with Crippen LogP contribution in [-0.2, 0) is 10.8 Å². The zero-order valence-electron chi connectivity index (χ0n) is 23.0. The number of nitrogens with zero attached hydrogens (tertiary/aromatic N) is 1. The molecule has 3 rings (SSSR count). The zero-order chi connectivity index (χ0) is 25.3. The van der Waals surface area contributed by atoms with Crippen LogP contribution in [0.2, 0.25) is 0 Å². The molecule has 2 N–H and O–H groups in total. The number of benzene rings is 2. The fraction of sp³-hybridized carbons (Fsp3) is 0.455. The Morgan fingerprint density at radius 3 is 2.37 bits per heavy atom. The van der Waals surface area contributed by atoms with Crippen LogP contribution in [0.1, 0.15) is 84.8 Å². The highest BCUT2D eigenvalue weighted by Gasteiger charge is 2.39. The number of allylic oxidation sites excluding steroid dienone is 6. The van der Waals surface area contributed by atoms with Crippen LogP contribution in [0.15, 0.2) is 84.6 Å². The first-order valence-electron chi connectivity index (χ1n) is 13.7. The van der Waals surface area contributed by atoms with Crippen LogP contribution in [0, 0.1) is 0 Å². The van der Waals surface area contributed by atoms with E-state index >= 15 is 0 Å². The summed E-state index contributed by atoms with van der Waals surface area (Å²) >= 11 is 0. The molecule has 188 valence electrons. The summed E-state index contributed by atoms with van der Waals surface area (Å²) in [5.74, 6) is 0. The average Bonchev–Trinajstić information content (AvgIpc) is 3.06. The van der Waals surface area contributed by atoms with Gasteiger partial charge in [0.05, 0.1) is 6.54 Å². The van der Waals surface area contributed by atoms with Gasteiger partial charge < -0.3 is 10.2 Å². The van der Waals surface area contributed by atoms with Crippen molar-refractivity contribution in [2.75, 3.05) is 18.0 Å². The van der Waals surface area contributed by atoms with E-state index < -0.39 is 0 Å². The van der Waals surface area contributed by atoms with Gasteiger partial charge in [-0.2, -0.15) is 0 Å². The fourth-order valence-electron chi connectivity index (χ4n) is 5.21. The zero-order valence-corrected chi connectivity index (χ0v) is 23.0. The van der Waals surface area contributed by atoms with E-state index in [1.807, 2.05) is 0 Å². The number of anilines is 1. The molecule has 2 nitrogen and oxygen atoms in total. The van der Waals surface area contributed by atoms with Crippen LogP contribution in [0.5, 0.6) is 0 Å². The standard InChI is InChI=1S/C33H46N2/c1-7-9-25-34-29-21-16-14-19-27(29)32(3,4)24-18-12-11-13-23-31-33(5,6)28-20-15-17-22-30(28)35(31)26-10-8-2/h11-23,34H,7-10,24-26H2,1-6H3/p+1/b13-11+,18-12+,31-23+. The quantitative estimate of drug-likeness (QED) is 0.189. The summed E-state index contributed by atoms with van der Waals surface area (Å²) in [6.45, 7) is 16.2. The summed E-state index contributed by atoms with van der Waals surface area (Å²) in [6, 6.07) is 17.8. The van der Waals surface area contributed by atoms with Gasteiger partial charge >= 0.3 is 0 Å². The molecular weight excluding hydrogens is 424 g/mol. The Bertz CT molecular complexity index is 1040. The third kappa shape index (κ3) is 6.55. The van der Waals surface area contributed by atoms with Crippen molar-refractivity contribution in [3.8, 4) is 0 Å². The Morgan fingerprint density at radius 1 is 0.886 bits per heavy atom. The molecule has 0 radical (unpaired) electrons. The lowest BCUT2D eigenvalue weighted by molar-refractivity contribution is -0.572. The summed E-state index contributed by atoms with van der Waals surface area (Å²) in [5, 5.41) is 2.42. The number of hydrogen-bond donors (Lipinski definition) is 1.